The summed E-state index contributed by atoms with van der Waals surface area (Å²) in [6.07, 6.45) is 4.68. The second-order valence-electron chi connectivity index (χ2n) is 4.61. The van der Waals surface area contributed by atoms with Crippen LogP contribution >= 0.6 is 0 Å². The second-order valence-corrected chi connectivity index (χ2v) is 4.61. The molecular formula is C10H17NO2. The summed E-state index contributed by atoms with van der Waals surface area (Å²) < 4.78 is 0. The summed E-state index contributed by atoms with van der Waals surface area (Å²) in [7, 11) is 0. The van der Waals surface area contributed by atoms with Crippen LogP contribution in [0, 0.1) is 11.8 Å². The van der Waals surface area contributed by atoms with Crippen molar-refractivity contribution in [3.8, 4) is 0 Å². The van der Waals surface area contributed by atoms with Gasteiger partial charge in [0.2, 0.25) is 0 Å². The molecule has 2 saturated carbocycles. The van der Waals surface area contributed by atoms with Crippen LogP contribution in [0.15, 0.2) is 0 Å². The van der Waals surface area contributed by atoms with Gasteiger partial charge in [0, 0.05) is 0 Å². The molecule has 2 fully saturated rings. The number of carbonyl (C=O) groups is 1. The van der Waals surface area contributed by atoms with Crippen LogP contribution < -0.4 is 5.32 Å². The molecule has 0 aliphatic heterocycles. The van der Waals surface area contributed by atoms with Gasteiger partial charge in [-0.25, -0.2) is 0 Å². The van der Waals surface area contributed by atoms with Gasteiger partial charge in [-0.2, -0.15) is 0 Å². The first-order valence-electron chi connectivity index (χ1n) is 5.11. The average molecular weight is 183 g/mol. The second kappa shape index (κ2) is 2.98. The molecule has 0 spiro atoms. The molecule has 3 heteroatoms. The lowest BCUT2D eigenvalue weighted by Crippen LogP contribution is -2.52. The molecule has 0 radical (unpaired) electrons. The Morgan fingerprint density at radius 1 is 1.46 bits per heavy atom. The van der Waals surface area contributed by atoms with Gasteiger partial charge >= 0.3 is 5.97 Å². The van der Waals surface area contributed by atoms with Crippen molar-refractivity contribution in [2.75, 3.05) is 6.54 Å². The van der Waals surface area contributed by atoms with E-state index in [2.05, 4.69) is 5.32 Å². The quantitative estimate of drug-likeness (QED) is 0.674. The van der Waals surface area contributed by atoms with Crippen LogP contribution in [-0.4, -0.2) is 23.2 Å². The summed E-state index contributed by atoms with van der Waals surface area (Å²) in [6.45, 7) is 2.72. The fourth-order valence-electron chi connectivity index (χ4n) is 1.73. The molecule has 0 aromatic heterocycles. The maximum atomic E-state index is 11.1. The van der Waals surface area contributed by atoms with Crippen molar-refractivity contribution < 1.29 is 9.90 Å². The Labute approximate surface area is 78.5 Å². The third-order valence-electron chi connectivity index (χ3n) is 3.29. The van der Waals surface area contributed by atoms with Crippen molar-refractivity contribution >= 4 is 5.97 Å². The molecule has 2 aliphatic rings. The Bertz CT molecular complexity index is 221. The molecule has 0 heterocycles. The van der Waals surface area contributed by atoms with E-state index >= 15 is 0 Å². The van der Waals surface area contributed by atoms with Gasteiger partial charge in [0.25, 0.3) is 0 Å². The number of carboxylic acids is 1. The van der Waals surface area contributed by atoms with Crippen LogP contribution in [0.5, 0.6) is 0 Å². The lowest BCUT2D eigenvalue weighted by Gasteiger charge is -2.26. The topological polar surface area (TPSA) is 49.3 Å². The number of carboxylic acid groups (broad SMARTS) is 1. The first kappa shape index (κ1) is 9.00. The fraction of sp³-hybridized carbons (Fsp3) is 0.900. The van der Waals surface area contributed by atoms with Gasteiger partial charge in [0.1, 0.15) is 5.54 Å². The van der Waals surface area contributed by atoms with E-state index in [9.17, 15) is 4.79 Å². The molecule has 74 valence electrons. The molecule has 1 unspecified atom stereocenters. The normalized spacial score (nSPS) is 26.8. The van der Waals surface area contributed by atoms with Gasteiger partial charge in [-0.15, -0.1) is 0 Å². The zero-order chi connectivity index (χ0) is 9.47. The van der Waals surface area contributed by atoms with E-state index in [0.29, 0.717) is 5.92 Å². The summed E-state index contributed by atoms with van der Waals surface area (Å²) in [5.41, 5.74) is -0.650. The summed E-state index contributed by atoms with van der Waals surface area (Å²) in [4.78, 5) is 11.1. The van der Waals surface area contributed by atoms with Crippen LogP contribution in [0.2, 0.25) is 0 Å². The predicted octanol–water partition coefficient (Wildman–Crippen LogP) is 1.24. The van der Waals surface area contributed by atoms with Crippen LogP contribution in [0.1, 0.15) is 32.6 Å². The number of hydrogen-bond donors (Lipinski definition) is 2. The van der Waals surface area contributed by atoms with Gasteiger partial charge in [-0.05, 0) is 51.0 Å². The van der Waals surface area contributed by atoms with Gasteiger partial charge in [0.05, 0.1) is 0 Å². The van der Waals surface area contributed by atoms with E-state index < -0.39 is 11.5 Å². The molecule has 2 rings (SSSR count). The predicted molar refractivity (Wildman–Crippen MR) is 49.5 cm³/mol. The van der Waals surface area contributed by atoms with Gasteiger partial charge in [0.15, 0.2) is 0 Å². The Balaban J connectivity index is 1.90. The Morgan fingerprint density at radius 3 is 2.46 bits per heavy atom. The smallest absolute Gasteiger partial charge is 0.323 e. The summed E-state index contributed by atoms with van der Waals surface area (Å²) in [5.74, 6) is 0.428. The highest BCUT2D eigenvalue weighted by molar-refractivity contribution is 5.79. The highest BCUT2D eigenvalue weighted by Crippen LogP contribution is 2.40. The van der Waals surface area contributed by atoms with Crippen molar-refractivity contribution in [1.82, 2.24) is 5.32 Å². The van der Waals surface area contributed by atoms with Crippen LogP contribution in [0.25, 0.3) is 0 Å². The first-order valence-corrected chi connectivity index (χ1v) is 5.11. The molecular weight excluding hydrogens is 166 g/mol. The number of nitrogens with one attached hydrogen (secondary N) is 1. The Morgan fingerprint density at radius 2 is 2.08 bits per heavy atom. The summed E-state index contributed by atoms with van der Waals surface area (Å²) in [5, 5.41) is 12.3. The molecule has 0 amide bonds. The number of aliphatic carboxylic acids is 1. The van der Waals surface area contributed by atoms with Crippen molar-refractivity contribution in [2.24, 2.45) is 11.8 Å². The fourth-order valence-corrected chi connectivity index (χ4v) is 1.73. The Hall–Kier alpha value is -0.570. The molecule has 13 heavy (non-hydrogen) atoms. The van der Waals surface area contributed by atoms with E-state index in [0.717, 1.165) is 25.3 Å². The summed E-state index contributed by atoms with van der Waals surface area (Å²) >= 11 is 0. The minimum absolute atomic E-state index is 0.365. The van der Waals surface area contributed by atoms with Crippen LogP contribution in [0.3, 0.4) is 0 Å². The molecule has 2 aliphatic carbocycles. The third kappa shape index (κ3) is 1.85. The van der Waals surface area contributed by atoms with Gasteiger partial charge in [-0.3, -0.25) is 4.79 Å². The van der Waals surface area contributed by atoms with Crippen molar-refractivity contribution in [1.29, 1.82) is 0 Å². The highest BCUT2D eigenvalue weighted by atomic mass is 16.4. The number of hydrogen-bond acceptors (Lipinski definition) is 2. The van der Waals surface area contributed by atoms with E-state index in [-0.39, 0.29) is 0 Å². The average Bonchev–Trinajstić information content (AvgIpc) is 2.89. The standard InChI is InChI=1S/C10H17NO2/c1-10(9(12)13,8-4-5-8)11-6-7-2-3-7/h7-8,11H,2-6H2,1H3,(H,12,13). The highest BCUT2D eigenvalue weighted by Gasteiger charge is 2.47. The lowest BCUT2D eigenvalue weighted by atomic mass is 9.96. The monoisotopic (exact) mass is 183 g/mol. The largest absolute Gasteiger partial charge is 0.480 e. The maximum absolute atomic E-state index is 11.1. The molecule has 1 atom stereocenters. The SMILES string of the molecule is CC(NCC1CC1)(C(=O)O)C1CC1. The zero-order valence-electron chi connectivity index (χ0n) is 8.05. The maximum Gasteiger partial charge on any atom is 0.323 e. The van der Waals surface area contributed by atoms with E-state index in [1.54, 1.807) is 0 Å². The van der Waals surface area contributed by atoms with E-state index in [1.165, 1.54) is 12.8 Å². The van der Waals surface area contributed by atoms with E-state index in [1.807, 2.05) is 6.92 Å². The van der Waals surface area contributed by atoms with Crippen molar-refractivity contribution in [3.05, 3.63) is 0 Å². The van der Waals surface area contributed by atoms with E-state index in [4.69, 9.17) is 5.11 Å². The van der Waals surface area contributed by atoms with Crippen molar-refractivity contribution in [3.63, 3.8) is 0 Å². The van der Waals surface area contributed by atoms with Crippen LogP contribution in [0.4, 0.5) is 0 Å². The van der Waals surface area contributed by atoms with Crippen LogP contribution in [-0.2, 0) is 4.79 Å². The first-order chi connectivity index (χ1) is 6.13. The molecule has 2 N–H and O–H groups in total. The minimum atomic E-state index is -0.685. The van der Waals surface area contributed by atoms with Crippen molar-refractivity contribution in [2.45, 2.75) is 38.1 Å². The number of rotatable bonds is 5. The molecule has 0 saturated heterocycles. The molecule has 0 bridgehead atoms. The van der Waals surface area contributed by atoms with Gasteiger partial charge < -0.3 is 10.4 Å². The third-order valence-corrected chi connectivity index (χ3v) is 3.29. The summed E-state index contributed by atoms with van der Waals surface area (Å²) in [6, 6.07) is 0. The van der Waals surface area contributed by atoms with Gasteiger partial charge in [-0.1, -0.05) is 0 Å². The zero-order valence-corrected chi connectivity index (χ0v) is 8.05. The Kier molecular flexibility index (Phi) is 2.06. The minimum Gasteiger partial charge on any atom is -0.480 e. The molecule has 0 aromatic carbocycles. The molecule has 3 nitrogen and oxygen atoms in total. The molecule has 0 aromatic rings. The lowest BCUT2D eigenvalue weighted by molar-refractivity contribution is -0.145.